The van der Waals surface area contributed by atoms with Crippen molar-refractivity contribution in [1.29, 1.82) is 0 Å². The molecule has 0 radical (unpaired) electrons. The number of amides is 2. The maximum absolute atomic E-state index is 12.3. The lowest BCUT2D eigenvalue weighted by molar-refractivity contribution is -0.151. The molecule has 1 fully saturated rings. The highest BCUT2D eigenvalue weighted by Gasteiger charge is 2.31. The van der Waals surface area contributed by atoms with E-state index in [1.807, 2.05) is 26.8 Å². The number of nitrogens with two attached hydrogens (primary N) is 1. The Balaban J connectivity index is -0.000000540. The predicted molar refractivity (Wildman–Crippen MR) is 312 cm³/mol. The van der Waals surface area contributed by atoms with Crippen LogP contribution in [-0.2, 0) is 52.4 Å². The van der Waals surface area contributed by atoms with Crippen LogP contribution >= 0.6 is 0 Å². The lowest BCUT2D eigenvalue weighted by Gasteiger charge is -2.24. The van der Waals surface area contributed by atoms with E-state index in [2.05, 4.69) is 48.1 Å². The fraction of sp³-hybridized carbons (Fsp3) is 0.871. The van der Waals surface area contributed by atoms with E-state index in [1.54, 1.807) is 12.0 Å². The van der Waals surface area contributed by atoms with E-state index in [0.717, 1.165) is 77.0 Å². The molecule has 1 aliphatic rings. The first-order valence-corrected chi connectivity index (χ1v) is 30.8. The molecule has 2 N–H and O–H groups in total. The van der Waals surface area contributed by atoms with Gasteiger partial charge in [0, 0.05) is 51.2 Å². The number of ether oxygens (including phenoxy) is 6. The van der Waals surface area contributed by atoms with Crippen LogP contribution in [0.3, 0.4) is 0 Å². The molecule has 1 rings (SSSR count). The Bertz CT molecular complexity index is 1300. The Labute approximate surface area is 466 Å². The molecule has 2 amide bonds. The summed E-state index contributed by atoms with van der Waals surface area (Å²) in [7, 11) is 1.55. The van der Waals surface area contributed by atoms with Gasteiger partial charge in [0.15, 0.2) is 0 Å². The summed E-state index contributed by atoms with van der Waals surface area (Å²) < 4.78 is 31.7. The second-order valence-electron chi connectivity index (χ2n) is 20.0. The maximum Gasteiger partial charge on any atom is 0.410 e. The number of nitrogens with zero attached hydrogens (tertiary/aromatic N) is 1. The second kappa shape index (κ2) is 63.8. The summed E-state index contributed by atoms with van der Waals surface area (Å²) in [4.78, 5) is 73.0. The van der Waals surface area contributed by atoms with Crippen LogP contribution in [0.25, 0.3) is 0 Å². The van der Waals surface area contributed by atoms with Crippen LogP contribution in [0, 0.1) is 11.8 Å². The number of likely N-dealkylation sites (tertiary alicyclic amines) is 1. The van der Waals surface area contributed by atoms with E-state index in [-0.39, 0.29) is 87.1 Å². The van der Waals surface area contributed by atoms with Gasteiger partial charge in [-0.1, -0.05) is 203 Å². The fourth-order valence-electron chi connectivity index (χ4n) is 7.92. The summed E-state index contributed by atoms with van der Waals surface area (Å²) in [6, 6.07) is -0.153. The minimum atomic E-state index is -0.492. The molecule has 450 valence electrons. The van der Waals surface area contributed by atoms with Gasteiger partial charge in [0.25, 0.3) is 0 Å². The highest BCUT2D eigenvalue weighted by Crippen LogP contribution is 2.20. The molecule has 0 aromatic heterocycles. The van der Waals surface area contributed by atoms with Crippen molar-refractivity contribution in [3.63, 3.8) is 0 Å². The van der Waals surface area contributed by atoms with Crippen molar-refractivity contribution in [3.05, 3.63) is 12.7 Å². The lowest BCUT2D eigenvalue weighted by atomic mass is 10.1. The van der Waals surface area contributed by atoms with Crippen molar-refractivity contribution in [2.45, 2.75) is 287 Å². The van der Waals surface area contributed by atoms with Gasteiger partial charge in [0.2, 0.25) is 5.91 Å². The Kier molecular flexibility index (Phi) is 66.2. The van der Waals surface area contributed by atoms with E-state index in [9.17, 15) is 28.8 Å². The standard InChI is InChI=1S/C24H43NO7.C23H43NO5.C10H20.C3H8.C2H6/c1-4-6-7-8-9-10-13-22(26)31-18-20(17-29-3)16-23(27)32-19-21-12-11-14-25(21)24(28)30-15-5-2;1-3-5-7-9-11-13-15-22(26)28-18-20(17-21(24)25)19-29-23(27)16-14-12-10-8-6-4-2;1-3-5-7-9-10-8-6-4-2;1-3-2;1-2/h20-21H,4-19H2,1-3H3;20H,3-19H2,1-2H3,(H2,24,25);3H,1,4-10H2,2H3;3H2,1-2H3;1-2H3. The smallest absolute Gasteiger partial charge is 0.410 e. The minimum absolute atomic E-state index is 0.0363. The summed E-state index contributed by atoms with van der Waals surface area (Å²) in [5.74, 6) is -2.28. The summed E-state index contributed by atoms with van der Waals surface area (Å²) in [6.07, 6.45) is 36.1. The van der Waals surface area contributed by atoms with Crippen molar-refractivity contribution in [1.82, 2.24) is 4.90 Å². The van der Waals surface area contributed by atoms with Gasteiger partial charge in [-0.2, -0.15) is 0 Å². The SMILES string of the molecule is C=CCCCCCCCC.CC.CCC.CCCCCCCCC(=O)OCC(COC(=O)CCCCCCCC)CC(N)=O.CCCCCCCCC(=O)OCC(COC)CC(=O)OCC1CCCN1C(=O)OCCC. The summed E-state index contributed by atoms with van der Waals surface area (Å²) in [6.45, 7) is 24.4. The van der Waals surface area contributed by atoms with Gasteiger partial charge in [-0.15, -0.1) is 6.58 Å². The van der Waals surface area contributed by atoms with Gasteiger partial charge in [0.05, 0.1) is 45.5 Å². The number of carbonyl (C=O) groups is 6. The van der Waals surface area contributed by atoms with Gasteiger partial charge in [-0.05, 0) is 51.4 Å². The number of carbonyl (C=O) groups excluding carboxylic acids is 6. The normalized spacial score (nSPS) is 12.7. The van der Waals surface area contributed by atoms with Crippen LogP contribution < -0.4 is 5.73 Å². The molecule has 0 saturated carbocycles. The molecule has 0 aliphatic carbocycles. The van der Waals surface area contributed by atoms with Crippen molar-refractivity contribution >= 4 is 35.9 Å². The molecule has 1 aliphatic heterocycles. The molecule has 2 unspecified atom stereocenters. The van der Waals surface area contributed by atoms with Crippen LogP contribution in [0.4, 0.5) is 4.79 Å². The first-order valence-electron chi connectivity index (χ1n) is 30.8. The third-order valence-electron chi connectivity index (χ3n) is 12.2. The molecular formula is C62H120N2O12. The van der Waals surface area contributed by atoms with Crippen LogP contribution in [0.1, 0.15) is 281 Å². The van der Waals surface area contributed by atoms with E-state index in [4.69, 9.17) is 34.2 Å². The van der Waals surface area contributed by atoms with Crippen LogP contribution in [-0.4, -0.2) is 100 Å². The summed E-state index contributed by atoms with van der Waals surface area (Å²) >= 11 is 0. The van der Waals surface area contributed by atoms with E-state index >= 15 is 0 Å². The highest BCUT2D eigenvalue weighted by molar-refractivity contribution is 5.74. The fourth-order valence-corrected chi connectivity index (χ4v) is 7.92. The van der Waals surface area contributed by atoms with Gasteiger partial charge in [-0.25, -0.2) is 4.79 Å². The summed E-state index contributed by atoms with van der Waals surface area (Å²) in [5.41, 5.74) is 5.26. The predicted octanol–water partition coefficient (Wildman–Crippen LogP) is 15.9. The first-order chi connectivity index (χ1) is 36.8. The zero-order valence-corrected chi connectivity index (χ0v) is 50.9. The zero-order valence-electron chi connectivity index (χ0n) is 50.9. The number of rotatable bonds is 44. The maximum atomic E-state index is 12.3. The van der Waals surface area contributed by atoms with Crippen molar-refractivity contribution in [3.8, 4) is 0 Å². The molecule has 14 heteroatoms. The van der Waals surface area contributed by atoms with Gasteiger partial charge >= 0.3 is 30.0 Å². The van der Waals surface area contributed by atoms with Crippen molar-refractivity contribution in [2.75, 3.05) is 53.3 Å². The highest BCUT2D eigenvalue weighted by atomic mass is 16.6. The Morgan fingerprint density at radius 3 is 1.26 bits per heavy atom. The van der Waals surface area contributed by atoms with Crippen molar-refractivity contribution in [2.24, 2.45) is 17.6 Å². The molecule has 0 bridgehead atoms. The molecule has 0 aromatic rings. The third-order valence-corrected chi connectivity index (χ3v) is 12.2. The van der Waals surface area contributed by atoms with Crippen LogP contribution in [0.15, 0.2) is 12.7 Å². The number of methoxy groups -OCH3 is 1. The van der Waals surface area contributed by atoms with E-state index < -0.39 is 5.91 Å². The molecule has 1 heterocycles. The summed E-state index contributed by atoms with van der Waals surface area (Å²) in [5, 5.41) is 0. The van der Waals surface area contributed by atoms with Crippen LogP contribution in [0.2, 0.25) is 0 Å². The largest absolute Gasteiger partial charge is 0.465 e. The number of primary amides is 1. The molecular weight excluding hydrogens is 965 g/mol. The molecule has 1 saturated heterocycles. The first kappa shape index (κ1) is 78.8. The number of esters is 4. The van der Waals surface area contributed by atoms with Gasteiger partial charge < -0.3 is 39.1 Å². The second-order valence-corrected chi connectivity index (χ2v) is 20.0. The average molecular weight is 1090 g/mol. The van der Waals surface area contributed by atoms with E-state index in [1.165, 1.54) is 109 Å². The van der Waals surface area contributed by atoms with Gasteiger partial charge in [-0.3, -0.25) is 24.0 Å². The Hall–Kier alpha value is -3.68. The molecule has 0 spiro atoms. The topological polar surface area (TPSA) is 187 Å². The number of unbranched alkanes of at least 4 members (excludes halogenated alkanes) is 21. The van der Waals surface area contributed by atoms with Gasteiger partial charge in [0.1, 0.15) is 6.61 Å². The molecule has 14 nitrogen and oxygen atoms in total. The van der Waals surface area contributed by atoms with Crippen LogP contribution in [0.5, 0.6) is 0 Å². The Morgan fingerprint density at radius 1 is 0.513 bits per heavy atom. The molecule has 76 heavy (non-hydrogen) atoms. The number of hydrogen-bond acceptors (Lipinski definition) is 12. The van der Waals surface area contributed by atoms with Crippen molar-refractivity contribution < 1.29 is 57.2 Å². The minimum Gasteiger partial charge on any atom is -0.465 e. The zero-order chi connectivity index (χ0) is 57.7. The quantitative estimate of drug-likeness (QED) is 0.0264. The average Bonchev–Trinajstić information content (AvgIpc) is 3.89. The Morgan fingerprint density at radius 2 is 0.895 bits per heavy atom. The van der Waals surface area contributed by atoms with E-state index in [0.29, 0.717) is 39.0 Å². The number of allylic oxidation sites excluding steroid dienone is 1. The number of hydrogen-bond donors (Lipinski definition) is 1. The monoisotopic (exact) mass is 1080 g/mol. The molecule has 2 atom stereocenters. The lowest BCUT2D eigenvalue weighted by Crippen LogP contribution is -2.39. The third kappa shape index (κ3) is 58.0. The molecule has 0 aromatic carbocycles.